The van der Waals surface area contributed by atoms with Gasteiger partial charge in [0.05, 0.1) is 16.8 Å². The summed E-state index contributed by atoms with van der Waals surface area (Å²) in [7, 11) is 0. The van der Waals surface area contributed by atoms with Gasteiger partial charge in [-0.15, -0.1) is 0 Å². The summed E-state index contributed by atoms with van der Waals surface area (Å²) in [5.74, 6) is -1.15. The molecule has 0 fully saturated rings. The molecule has 0 spiro atoms. The SMILES string of the molecule is O=C(O)c1ccccc1Nc1cccc(C(F)(F)F)c1.[Cu]. The third kappa shape index (κ3) is 4.24. The van der Waals surface area contributed by atoms with Gasteiger partial charge >= 0.3 is 12.1 Å². The third-order valence-corrected chi connectivity index (χ3v) is 2.63. The van der Waals surface area contributed by atoms with Crippen LogP contribution in [-0.2, 0) is 23.2 Å². The summed E-state index contributed by atoms with van der Waals surface area (Å²) in [6.45, 7) is 0. The van der Waals surface area contributed by atoms with Crippen LogP contribution >= 0.6 is 0 Å². The van der Waals surface area contributed by atoms with Gasteiger partial charge in [-0.2, -0.15) is 13.2 Å². The van der Waals surface area contributed by atoms with Crippen molar-refractivity contribution in [3.05, 3.63) is 59.7 Å². The van der Waals surface area contributed by atoms with E-state index in [-0.39, 0.29) is 34.0 Å². The number of benzene rings is 2. The van der Waals surface area contributed by atoms with Gasteiger partial charge in [-0.3, -0.25) is 0 Å². The molecule has 0 aliphatic carbocycles. The van der Waals surface area contributed by atoms with Crippen LogP contribution in [0.4, 0.5) is 24.5 Å². The Balaban J connectivity index is 0.00000220. The van der Waals surface area contributed by atoms with Crippen LogP contribution in [0.2, 0.25) is 0 Å². The van der Waals surface area contributed by atoms with Crippen molar-refractivity contribution < 1.29 is 40.1 Å². The molecule has 0 saturated carbocycles. The van der Waals surface area contributed by atoms with Crippen molar-refractivity contribution in [3.8, 4) is 0 Å². The summed E-state index contributed by atoms with van der Waals surface area (Å²) >= 11 is 0. The molecule has 2 aromatic rings. The monoisotopic (exact) mass is 344 g/mol. The number of para-hydroxylation sites is 1. The Morgan fingerprint density at radius 2 is 1.71 bits per heavy atom. The second kappa shape index (κ2) is 6.65. The van der Waals surface area contributed by atoms with E-state index in [1.807, 2.05) is 0 Å². The molecule has 0 amide bonds. The van der Waals surface area contributed by atoms with Crippen LogP contribution in [0.1, 0.15) is 15.9 Å². The number of anilines is 2. The van der Waals surface area contributed by atoms with Crippen LogP contribution in [0.3, 0.4) is 0 Å². The first-order chi connectivity index (χ1) is 9.38. The fourth-order valence-electron chi connectivity index (χ4n) is 1.71. The Morgan fingerprint density at radius 1 is 1.05 bits per heavy atom. The molecule has 0 atom stereocenters. The van der Waals surface area contributed by atoms with Crippen LogP contribution in [0.15, 0.2) is 48.5 Å². The first-order valence-electron chi connectivity index (χ1n) is 5.64. The predicted molar refractivity (Wildman–Crippen MR) is 68.1 cm³/mol. The number of hydrogen-bond donors (Lipinski definition) is 2. The maximum absolute atomic E-state index is 12.6. The first kappa shape index (κ1) is 17.1. The molecule has 3 nitrogen and oxygen atoms in total. The average molecular weight is 345 g/mol. The second-order valence-electron chi connectivity index (χ2n) is 4.05. The molecule has 2 N–H and O–H groups in total. The summed E-state index contributed by atoms with van der Waals surface area (Å²) in [5.41, 5.74) is -0.395. The van der Waals surface area contributed by atoms with Gasteiger partial charge in [0.25, 0.3) is 0 Å². The molecule has 2 aromatic carbocycles. The second-order valence-corrected chi connectivity index (χ2v) is 4.05. The van der Waals surface area contributed by atoms with Gasteiger partial charge in [0.1, 0.15) is 0 Å². The van der Waals surface area contributed by atoms with Gasteiger partial charge in [0.2, 0.25) is 0 Å². The van der Waals surface area contributed by atoms with E-state index in [4.69, 9.17) is 5.11 Å². The van der Waals surface area contributed by atoms with Crippen molar-refractivity contribution in [2.24, 2.45) is 0 Å². The number of carboxylic acid groups (broad SMARTS) is 1. The quantitative estimate of drug-likeness (QED) is 0.822. The largest absolute Gasteiger partial charge is 0.478 e. The molecular weight excluding hydrogens is 335 g/mol. The van der Waals surface area contributed by atoms with Crippen molar-refractivity contribution in [1.82, 2.24) is 0 Å². The standard InChI is InChI=1S/C14H10F3NO2.Cu/c15-14(16,17)9-4-3-5-10(8-9)18-12-7-2-1-6-11(12)13(19)20;/h1-8,18H,(H,19,20);. The van der Waals surface area contributed by atoms with Gasteiger partial charge in [0.15, 0.2) is 0 Å². The summed E-state index contributed by atoms with van der Waals surface area (Å²) in [4.78, 5) is 11.0. The normalized spacial score (nSPS) is 10.6. The van der Waals surface area contributed by atoms with E-state index in [1.165, 1.54) is 24.3 Å². The fourth-order valence-corrected chi connectivity index (χ4v) is 1.71. The zero-order chi connectivity index (χ0) is 14.8. The van der Waals surface area contributed by atoms with Crippen LogP contribution in [0.25, 0.3) is 0 Å². The summed E-state index contributed by atoms with van der Waals surface area (Å²) < 4.78 is 37.8. The number of aromatic carboxylic acids is 1. The number of carboxylic acids is 1. The van der Waals surface area contributed by atoms with Crippen LogP contribution in [0, 0.1) is 0 Å². The van der Waals surface area contributed by atoms with Crippen molar-refractivity contribution in [2.45, 2.75) is 6.18 Å². The number of carbonyl (C=O) groups is 1. The zero-order valence-corrected chi connectivity index (χ0v) is 11.4. The first-order valence-corrected chi connectivity index (χ1v) is 5.64. The topological polar surface area (TPSA) is 49.3 Å². The van der Waals surface area contributed by atoms with E-state index in [0.717, 1.165) is 12.1 Å². The molecule has 2 rings (SSSR count). The van der Waals surface area contributed by atoms with Gasteiger partial charge in [-0.05, 0) is 30.3 Å². The Bertz CT molecular complexity index is 644. The average Bonchev–Trinajstić information content (AvgIpc) is 2.38. The molecule has 0 bridgehead atoms. The van der Waals surface area contributed by atoms with E-state index < -0.39 is 17.7 Å². The fraction of sp³-hybridized carbons (Fsp3) is 0.0714. The van der Waals surface area contributed by atoms with E-state index in [1.54, 1.807) is 12.1 Å². The van der Waals surface area contributed by atoms with Crippen molar-refractivity contribution in [2.75, 3.05) is 5.32 Å². The molecule has 1 radical (unpaired) electrons. The summed E-state index contributed by atoms with van der Waals surface area (Å²) in [6.07, 6.45) is -4.44. The molecule has 0 unspecified atom stereocenters. The number of halogens is 3. The maximum Gasteiger partial charge on any atom is 0.416 e. The Hall–Kier alpha value is -1.98. The molecule has 7 heteroatoms. The number of nitrogens with one attached hydrogen (secondary N) is 1. The van der Waals surface area contributed by atoms with E-state index in [2.05, 4.69) is 5.32 Å². The van der Waals surface area contributed by atoms with Crippen LogP contribution in [-0.4, -0.2) is 11.1 Å². The third-order valence-electron chi connectivity index (χ3n) is 2.63. The maximum atomic E-state index is 12.6. The number of alkyl halides is 3. The van der Waals surface area contributed by atoms with Crippen molar-refractivity contribution in [3.63, 3.8) is 0 Å². The Morgan fingerprint density at radius 3 is 2.33 bits per heavy atom. The summed E-state index contributed by atoms with van der Waals surface area (Å²) in [5, 5.41) is 11.7. The molecule has 21 heavy (non-hydrogen) atoms. The van der Waals surface area contributed by atoms with E-state index >= 15 is 0 Å². The van der Waals surface area contributed by atoms with E-state index in [9.17, 15) is 18.0 Å². The predicted octanol–water partition coefficient (Wildman–Crippen LogP) is 4.14. The van der Waals surface area contributed by atoms with Gasteiger partial charge in [-0.1, -0.05) is 18.2 Å². The van der Waals surface area contributed by atoms with Gasteiger partial charge in [-0.25, -0.2) is 4.79 Å². The van der Waals surface area contributed by atoms with Crippen molar-refractivity contribution in [1.29, 1.82) is 0 Å². The van der Waals surface area contributed by atoms with E-state index in [0.29, 0.717) is 0 Å². The van der Waals surface area contributed by atoms with Gasteiger partial charge in [0, 0.05) is 22.8 Å². The molecular formula is C14H10CuF3NO2. The molecule has 0 heterocycles. The minimum atomic E-state index is -4.44. The number of hydrogen-bond acceptors (Lipinski definition) is 2. The minimum Gasteiger partial charge on any atom is -0.478 e. The van der Waals surface area contributed by atoms with Crippen LogP contribution in [0.5, 0.6) is 0 Å². The zero-order valence-electron chi connectivity index (χ0n) is 10.4. The minimum absolute atomic E-state index is 0. The Kier molecular flexibility index (Phi) is 5.40. The molecule has 0 aromatic heterocycles. The summed E-state index contributed by atoms with van der Waals surface area (Å²) in [6, 6.07) is 10.6. The number of rotatable bonds is 3. The molecule has 0 aliphatic rings. The molecule has 0 saturated heterocycles. The Labute approximate surface area is 129 Å². The van der Waals surface area contributed by atoms with Crippen molar-refractivity contribution >= 4 is 17.3 Å². The van der Waals surface area contributed by atoms with Crippen LogP contribution < -0.4 is 5.32 Å². The molecule has 115 valence electrons. The van der Waals surface area contributed by atoms with Gasteiger partial charge < -0.3 is 10.4 Å². The smallest absolute Gasteiger partial charge is 0.416 e. The molecule has 0 aliphatic heterocycles.